The molecule has 0 amide bonds. The molecule has 0 aromatic carbocycles. The Morgan fingerprint density at radius 1 is 1.53 bits per heavy atom. The van der Waals surface area contributed by atoms with Gasteiger partial charge in [-0.3, -0.25) is 4.79 Å². The van der Waals surface area contributed by atoms with Gasteiger partial charge in [0.25, 0.3) is 0 Å². The van der Waals surface area contributed by atoms with Gasteiger partial charge in [0.2, 0.25) is 0 Å². The maximum absolute atomic E-state index is 11.8. The summed E-state index contributed by atoms with van der Waals surface area (Å²) in [6.07, 6.45) is 7.02. The topological polar surface area (TPSA) is 37.3 Å². The fraction of sp³-hybridized carbons (Fsp3) is 0.615. The van der Waals surface area contributed by atoms with Gasteiger partial charge in [0.05, 0.1) is 6.10 Å². The minimum absolute atomic E-state index is 0.0233. The van der Waals surface area contributed by atoms with E-state index in [2.05, 4.69) is 6.58 Å². The van der Waals surface area contributed by atoms with E-state index in [0.717, 1.165) is 19.3 Å². The molecule has 1 aliphatic rings. The molecular formula is C13H20O2. The normalized spacial score (nSPS) is 30.3. The van der Waals surface area contributed by atoms with E-state index in [4.69, 9.17) is 0 Å². The van der Waals surface area contributed by atoms with Crippen LogP contribution in [0.15, 0.2) is 24.8 Å². The molecule has 0 bridgehead atoms. The van der Waals surface area contributed by atoms with Crippen LogP contribution in [0.1, 0.15) is 33.1 Å². The molecular weight excluding hydrogens is 188 g/mol. The molecule has 0 radical (unpaired) electrons. The van der Waals surface area contributed by atoms with E-state index in [-0.39, 0.29) is 17.1 Å². The first-order chi connectivity index (χ1) is 6.99. The third-order valence-electron chi connectivity index (χ3n) is 3.28. The van der Waals surface area contributed by atoms with Gasteiger partial charge in [0, 0.05) is 5.92 Å². The number of hydrogen-bond donors (Lipinski definition) is 1. The van der Waals surface area contributed by atoms with Gasteiger partial charge >= 0.3 is 0 Å². The van der Waals surface area contributed by atoms with Crippen molar-refractivity contribution < 1.29 is 9.90 Å². The Bertz CT molecular complexity index is 276. The van der Waals surface area contributed by atoms with Crippen LogP contribution in [0.3, 0.4) is 0 Å². The van der Waals surface area contributed by atoms with Gasteiger partial charge in [0.15, 0.2) is 5.78 Å². The second-order valence-corrected chi connectivity index (χ2v) is 4.93. The van der Waals surface area contributed by atoms with Crippen molar-refractivity contribution in [3.05, 3.63) is 24.8 Å². The number of carbonyl (C=O) groups excluding carboxylic acids is 1. The fourth-order valence-electron chi connectivity index (χ4n) is 2.21. The predicted octanol–water partition coefficient (Wildman–Crippen LogP) is 2.48. The number of aliphatic hydroxyl groups excluding tert-OH is 1. The van der Waals surface area contributed by atoms with Crippen molar-refractivity contribution in [1.29, 1.82) is 0 Å². The minimum atomic E-state index is -0.520. The highest BCUT2D eigenvalue weighted by molar-refractivity contribution is 5.92. The smallest absolute Gasteiger partial charge is 0.161 e. The van der Waals surface area contributed by atoms with Crippen LogP contribution >= 0.6 is 0 Å². The second-order valence-electron chi connectivity index (χ2n) is 4.93. The average molecular weight is 208 g/mol. The zero-order valence-electron chi connectivity index (χ0n) is 9.57. The molecule has 2 nitrogen and oxygen atoms in total. The van der Waals surface area contributed by atoms with Crippen LogP contribution in [0.4, 0.5) is 0 Å². The Balaban J connectivity index is 2.73. The van der Waals surface area contributed by atoms with Crippen LogP contribution in [0.5, 0.6) is 0 Å². The summed E-state index contributed by atoms with van der Waals surface area (Å²) >= 11 is 0. The molecule has 0 saturated heterocycles. The lowest BCUT2D eigenvalue weighted by Gasteiger charge is -2.39. The number of allylic oxidation sites excluding steroid dienone is 3. The van der Waals surface area contributed by atoms with E-state index >= 15 is 0 Å². The summed E-state index contributed by atoms with van der Waals surface area (Å²) in [6.45, 7) is 7.57. The summed E-state index contributed by atoms with van der Waals surface area (Å²) in [6, 6.07) is 0. The van der Waals surface area contributed by atoms with Gasteiger partial charge in [-0.15, -0.1) is 0 Å². The summed E-state index contributed by atoms with van der Waals surface area (Å²) in [5.41, 5.74) is -0.138. The van der Waals surface area contributed by atoms with Crippen molar-refractivity contribution in [3.63, 3.8) is 0 Å². The summed E-state index contributed by atoms with van der Waals surface area (Å²) in [4.78, 5) is 11.8. The molecule has 2 unspecified atom stereocenters. The summed E-state index contributed by atoms with van der Waals surface area (Å²) < 4.78 is 0. The molecule has 1 aliphatic carbocycles. The molecule has 1 fully saturated rings. The zero-order chi connectivity index (χ0) is 11.5. The Hall–Kier alpha value is -0.890. The molecule has 15 heavy (non-hydrogen) atoms. The molecule has 0 aliphatic heterocycles. The largest absolute Gasteiger partial charge is 0.392 e. The van der Waals surface area contributed by atoms with Crippen LogP contribution in [-0.2, 0) is 4.79 Å². The van der Waals surface area contributed by atoms with Gasteiger partial charge in [-0.2, -0.15) is 0 Å². The van der Waals surface area contributed by atoms with Crippen LogP contribution in [0, 0.1) is 11.3 Å². The van der Waals surface area contributed by atoms with Gasteiger partial charge in [0.1, 0.15) is 0 Å². The lowest BCUT2D eigenvalue weighted by Crippen LogP contribution is -2.42. The molecule has 2 heteroatoms. The van der Waals surface area contributed by atoms with Crippen molar-refractivity contribution in [2.24, 2.45) is 11.3 Å². The monoisotopic (exact) mass is 208 g/mol. The number of ketones is 1. The standard InChI is InChI=1S/C13H20O2/c1-4-5-8-11(14)10-7-6-9-13(2,3)12(10)15/h4-5,8,10,12,15H,1,6-7,9H2,2-3H3/b8-5+. The van der Waals surface area contributed by atoms with Gasteiger partial charge < -0.3 is 5.11 Å². The Morgan fingerprint density at radius 3 is 2.80 bits per heavy atom. The summed E-state index contributed by atoms with van der Waals surface area (Å²) in [7, 11) is 0. The van der Waals surface area contributed by atoms with Crippen LogP contribution in [0.25, 0.3) is 0 Å². The van der Waals surface area contributed by atoms with E-state index in [9.17, 15) is 9.90 Å². The van der Waals surface area contributed by atoms with E-state index in [1.807, 2.05) is 13.8 Å². The fourth-order valence-corrected chi connectivity index (χ4v) is 2.21. The van der Waals surface area contributed by atoms with Crippen molar-refractivity contribution in [2.75, 3.05) is 0 Å². The van der Waals surface area contributed by atoms with E-state index in [0.29, 0.717) is 0 Å². The first kappa shape index (κ1) is 12.2. The van der Waals surface area contributed by atoms with Crippen molar-refractivity contribution in [1.82, 2.24) is 0 Å². The highest BCUT2D eigenvalue weighted by Gasteiger charge is 2.40. The lowest BCUT2D eigenvalue weighted by atomic mass is 9.68. The van der Waals surface area contributed by atoms with Gasteiger partial charge in [-0.25, -0.2) is 0 Å². The maximum atomic E-state index is 11.8. The van der Waals surface area contributed by atoms with Crippen LogP contribution in [0.2, 0.25) is 0 Å². The average Bonchev–Trinajstić information content (AvgIpc) is 2.18. The third kappa shape index (κ3) is 2.78. The quantitative estimate of drug-likeness (QED) is 0.571. The molecule has 0 aromatic rings. The Kier molecular flexibility index (Phi) is 3.86. The highest BCUT2D eigenvalue weighted by Crippen LogP contribution is 2.39. The molecule has 84 valence electrons. The van der Waals surface area contributed by atoms with E-state index in [1.54, 1.807) is 12.2 Å². The van der Waals surface area contributed by atoms with Gasteiger partial charge in [-0.05, 0) is 24.3 Å². The maximum Gasteiger partial charge on any atom is 0.161 e. The van der Waals surface area contributed by atoms with E-state index < -0.39 is 6.10 Å². The zero-order valence-corrected chi connectivity index (χ0v) is 9.57. The molecule has 1 rings (SSSR count). The van der Waals surface area contributed by atoms with Crippen LogP contribution < -0.4 is 0 Å². The first-order valence-corrected chi connectivity index (χ1v) is 5.50. The number of hydrogen-bond acceptors (Lipinski definition) is 2. The second kappa shape index (κ2) is 4.75. The molecule has 0 spiro atoms. The summed E-state index contributed by atoms with van der Waals surface area (Å²) in [5.74, 6) is -0.208. The predicted molar refractivity (Wildman–Crippen MR) is 61.5 cm³/mol. The Labute approximate surface area is 91.7 Å². The molecule has 0 aromatic heterocycles. The molecule has 2 atom stereocenters. The van der Waals surface area contributed by atoms with Crippen molar-refractivity contribution in [2.45, 2.75) is 39.2 Å². The third-order valence-corrected chi connectivity index (χ3v) is 3.28. The van der Waals surface area contributed by atoms with Crippen LogP contribution in [-0.4, -0.2) is 17.0 Å². The SMILES string of the molecule is C=C/C=C/C(=O)C1CCCC(C)(C)C1O. The lowest BCUT2D eigenvalue weighted by molar-refractivity contribution is -0.128. The summed E-state index contributed by atoms with van der Waals surface area (Å²) in [5, 5.41) is 10.1. The number of rotatable bonds is 3. The number of carbonyl (C=O) groups is 1. The molecule has 1 saturated carbocycles. The molecule has 0 heterocycles. The van der Waals surface area contributed by atoms with Crippen molar-refractivity contribution >= 4 is 5.78 Å². The Morgan fingerprint density at radius 2 is 2.20 bits per heavy atom. The molecule has 1 N–H and O–H groups in total. The number of aliphatic hydroxyl groups is 1. The van der Waals surface area contributed by atoms with Crippen molar-refractivity contribution in [3.8, 4) is 0 Å². The first-order valence-electron chi connectivity index (χ1n) is 5.50. The minimum Gasteiger partial charge on any atom is -0.392 e. The highest BCUT2D eigenvalue weighted by atomic mass is 16.3. The van der Waals surface area contributed by atoms with E-state index in [1.165, 1.54) is 6.08 Å². The van der Waals surface area contributed by atoms with Gasteiger partial charge in [-0.1, -0.05) is 39.0 Å².